The van der Waals surface area contributed by atoms with Crippen LogP contribution in [0.5, 0.6) is 0 Å². The number of ether oxygens (including phenoxy) is 1. The summed E-state index contributed by atoms with van der Waals surface area (Å²) in [6.07, 6.45) is 0. The Balaban J connectivity index is 2.33. The van der Waals surface area contributed by atoms with E-state index in [1.807, 2.05) is 5.38 Å². The van der Waals surface area contributed by atoms with Crippen LogP contribution in [0.4, 0.5) is 0 Å². The van der Waals surface area contributed by atoms with Crippen molar-refractivity contribution >= 4 is 11.5 Å². The van der Waals surface area contributed by atoms with Crippen LogP contribution < -0.4 is 5.32 Å². The highest BCUT2D eigenvalue weighted by Crippen LogP contribution is 2.04. The maximum Gasteiger partial charge on any atom is 0.0893 e. The molecule has 74 valence electrons. The van der Waals surface area contributed by atoms with Crippen LogP contribution in [0.1, 0.15) is 19.5 Å². The van der Waals surface area contributed by atoms with Crippen molar-refractivity contribution < 1.29 is 4.74 Å². The molecule has 1 aromatic heterocycles. The van der Waals surface area contributed by atoms with Crippen LogP contribution in [-0.4, -0.2) is 28.8 Å². The van der Waals surface area contributed by atoms with Crippen molar-refractivity contribution in [1.82, 2.24) is 14.9 Å². The molecule has 13 heavy (non-hydrogen) atoms. The first kappa shape index (κ1) is 10.6. The molecule has 0 unspecified atom stereocenters. The Hall–Kier alpha value is -0.520. The number of nitrogens with zero attached hydrogens (tertiary/aromatic N) is 2. The van der Waals surface area contributed by atoms with E-state index in [-0.39, 0.29) is 5.54 Å². The number of rotatable bonds is 5. The van der Waals surface area contributed by atoms with Crippen molar-refractivity contribution in [3.8, 4) is 0 Å². The number of hydrogen-bond donors (Lipinski definition) is 1. The largest absolute Gasteiger partial charge is 0.383 e. The van der Waals surface area contributed by atoms with Crippen LogP contribution in [0.15, 0.2) is 5.38 Å². The summed E-state index contributed by atoms with van der Waals surface area (Å²) in [5.41, 5.74) is 0.965. The van der Waals surface area contributed by atoms with E-state index in [2.05, 4.69) is 28.8 Å². The van der Waals surface area contributed by atoms with Crippen LogP contribution >= 0.6 is 11.5 Å². The van der Waals surface area contributed by atoms with Gasteiger partial charge < -0.3 is 10.1 Å². The average Bonchev–Trinajstić information content (AvgIpc) is 2.52. The van der Waals surface area contributed by atoms with Crippen LogP contribution in [0.3, 0.4) is 0 Å². The van der Waals surface area contributed by atoms with Gasteiger partial charge in [0, 0.05) is 24.6 Å². The molecule has 0 aromatic carbocycles. The fraction of sp³-hybridized carbons (Fsp3) is 0.750. The van der Waals surface area contributed by atoms with Gasteiger partial charge in [-0.15, -0.1) is 5.10 Å². The molecule has 0 aliphatic heterocycles. The van der Waals surface area contributed by atoms with Gasteiger partial charge in [0.1, 0.15) is 0 Å². The van der Waals surface area contributed by atoms with Crippen molar-refractivity contribution in [1.29, 1.82) is 0 Å². The summed E-state index contributed by atoms with van der Waals surface area (Å²) < 4.78 is 8.87. The van der Waals surface area contributed by atoms with Crippen molar-refractivity contribution in [2.75, 3.05) is 13.7 Å². The molecule has 1 N–H and O–H groups in total. The molecular weight excluding hydrogens is 186 g/mol. The quantitative estimate of drug-likeness (QED) is 0.773. The van der Waals surface area contributed by atoms with Gasteiger partial charge in [-0.3, -0.25) is 0 Å². The Morgan fingerprint density at radius 1 is 1.62 bits per heavy atom. The number of aromatic nitrogens is 2. The second kappa shape index (κ2) is 4.64. The zero-order valence-corrected chi connectivity index (χ0v) is 9.02. The predicted octanol–water partition coefficient (Wildman–Crippen LogP) is 1.05. The third-order valence-electron chi connectivity index (χ3n) is 1.66. The lowest BCUT2D eigenvalue weighted by molar-refractivity contribution is 0.127. The molecule has 0 atom stereocenters. The summed E-state index contributed by atoms with van der Waals surface area (Å²) in [7, 11) is 1.70. The lowest BCUT2D eigenvalue weighted by atomic mass is 10.1. The zero-order chi connectivity index (χ0) is 9.73. The summed E-state index contributed by atoms with van der Waals surface area (Å²) in [6.45, 7) is 5.62. The van der Waals surface area contributed by atoms with Crippen molar-refractivity contribution in [2.24, 2.45) is 0 Å². The van der Waals surface area contributed by atoms with Gasteiger partial charge in [0.2, 0.25) is 0 Å². The highest BCUT2D eigenvalue weighted by Gasteiger charge is 2.16. The van der Waals surface area contributed by atoms with Gasteiger partial charge in [-0.25, -0.2) is 0 Å². The predicted molar refractivity (Wildman–Crippen MR) is 52.7 cm³/mol. The Kier molecular flexibility index (Phi) is 3.77. The molecule has 1 aromatic rings. The molecule has 1 heterocycles. The molecule has 0 radical (unpaired) electrons. The Bertz CT molecular complexity index is 236. The van der Waals surface area contributed by atoms with Crippen molar-refractivity contribution in [3.05, 3.63) is 11.1 Å². The van der Waals surface area contributed by atoms with E-state index in [0.717, 1.165) is 12.2 Å². The summed E-state index contributed by atoms with van der Waals surface area (Å²) in [4.78, 5) is 0. The van der Waals surface area contributed by atoms with Gasteiger partial charge in [-0.05, 0) is 25.4 Å². The van der Waals surface area contributed by atoms with E-state index in [1.165, 1.54) is 11.5 Å². The average molecular weight is 201 g/mol. The monoisotopic (exact) mass is 201 g/mol. The highest BCUT2D eigenvalue weighted by molar-refractivity contribution is 7.03. The number of nitrogens with one attached hydrogen (secondary N) is 1. The van der Waals surface area contributed by atoms with Crippen LogP contribution in [-0.2, 0) is 11.3 Å². The van der Waals surface area contributed by atoms with E-state index in [1.54, 1.807) is 7.11 Å². The van der Waals surface area contributed by atoms with Gasteiger partial charge >= 0.3 is 0 Å². The highest BCUT2D eigenvalue weighted by atomic mass is 32.1. The lowest BCUT2D eigenvalue weighted by Gasteiger charge is -2.24. The molecule has 0 aliphatic rings. The number of hydrogen-bond acceptors (Lipinski definition) is 5. The first-order valence-electron chi connectivity index (χ1n) is 4.14. The number of methoxy groups -OCH3 is 1. The molecular formula is C8H15N3OS. The maximum atomic E-state index is 5.08. The van der Waals surface area contributed by atoms with Crippen LogP contribution in [0.25, 0.3) is 0 Å². The first-order chi connectivity index (χ1) is 6.14. The van der Waals surface area contributed by atoms with E-state index >= 15 is 0 Å². The second-order valence-corrected chi connectivity index (χ2v) is 4.18. The molecule has 4 nitrogen and oxygen atoms in total. The van der Waals surface area contributed by atoms with Crippen molar-refractivity contribution in [2.45, 2.75) is 25.9 Å². The Morgan fingerprint density at radius 2 is 2.38 bits per heavy atom. The fourth-order valence-electron chi connectivity index (χ4n) is 1.00. The molecule has 0 aliphatic carbocycles. The molecule has 0 fully saturated rings. The lowest BCUT2D eigenvalue weighted by Crippen LogP contribution is -2.42. The standard InChI is InChI=1S/C8H15N3OS/c1-8(2,6-12-3)9-4-7-5-13-11-10-7/h5,9H,4,6H2,1-3H3. The molecule has 0 saturated heterocycles. The molecule has 0 saturated carbocycles. The second-order valence-electron chi connectivity index (χ2n) is 3.57. The fourth-order valence-corrected chi connectivity index (χ4v) is 1.45. The van der Waals surface area contributed by atoms with Gasteiger partial charge in [-0.1, -0.05) is 4.49 Å². The summed E-state index contributed by atoms with van der Waals surface area (Å²) in [6, 6.07) is 0. The minimum atomic E-state index is -0.0155. The maximum absolute atomic E-state index is 5.08. The van der Waals surface area contributed by atoms with Crippen molar-refractivity contribution in [3.63, 3.8) is 0 Å². The third kappa shape index (κ3) is 3.80. The molecule has 0 spiro atoms. The normalized spacial score (nSPS) is 11.9. The van der Waals surface area contributed by atoms with E-state index in [0.29, 0.717) is 6.61 Å². The summed E-state index contributed by atoms with van der Waals surface area (Å²) in [5.74, 6) is 0. The Labute approximate surface area is 82.5 Å². The van der Waals surface area contributed by atoms with Crippen LogP contribution in [0.2, 0.25) is 0 Å². The minimum absolute atomic E-state index is 0.0155. The van der Waals surface area contributed by atoms with Gasteiger partial charge in [0.25, 0.3) is 0 Å². The van der Waals surface area contributed by atoms with Gasteiger partial charge in [-0.2, -0.15) is 0 Å². The third-order valence-corrected chi connectivity index (χ3v) is 2.21. The Morgan fingerprint density at radius 3 is 2.92 bits per heavy atom. The molecule has 0 amide bonds. The molecule has 0 bridgehead atoms. The molecule has 5 heteroatoms. The smallest absolute Gasteiger partial charge is 0.0893 e. The van der Waals surface area contributed by atoms with Gasteiger partial charge in [0.05, 0.1) is 12.3 Å². The zero-order valence-electron chi connectivity index (χ0n) is 8.20. The van der Waals surface area contributed by atoms with E-state index in [9.17, 15) is 0 Å². The first-order valence-corrected chi connectivity index (χ1v) is 4.97. The van der Waals surface area contributed by atoms with Crippen LogP contribution in [0, 0.1) is 0 Å². The van der Waals surface area contributed by atoms with E-state index in [4.69, 9.17) is 4.74 Å². The summed E-state index contributed by atoms with van der Waals surface area (Å²) in [5, 5.41) is 9.23. The SMILES string of the molecule is COCC(C)(C)NCc1csnn1. The van der Waals surface area contributed by atoms with Gasteiger partial charge in [0.15, 0.2) is 0 Å². The minimum Gasteiger partial charge on any atom is -0.383 e. The topological polar surface area (TPSA) is 47.0 Å². The summed E-state index contributed by atoms with van der Waals surface area (Å²) >= 11 is 1.37. The molecule has 1 rings (SSSR count). The van der Waals surface area contributed by atoms with E-state index < -0.39 is 0 Å².